The number of rotatable bonds is 4. The summed E-state index contributed by atoms with van der Waals surface area (Å²) in [6.07, 6.45) is 0. The monoisotopic (exact) mass is 304 g/mol. The lowest BCUT2D eigenvalue weighted by atomic mass is 10.2. The first-order valence-electron chi connectivity index (χ1n) is 6.19. The van der Waals surface area contributed by atoms with Crippen LogP contribution < -0.4 is 9.47 Å². The molecule has 3 rings (SSSR count). The molecule has 0 spiro atoms. The van der Waals surface area contributed by atoms with E-state index in [4.69, 9.17) is 21.1 Å². The Balaban J connectivity index is 1.83. The first-order chi connectivity index (χ1) is 9.78. The largest absolute Gasteiger partial charge is 0.493 e. The van der Waals surface area contributed by atoms with Gasteiger partial charge in [-0.05, 0) is 35.0 Å². The topological polar surface area (TPSA) is 18.5 Å². The molecule has 0 amide bonds. The number of methoxy groups -OCH3 is 1. The number of thiophene rings is 1. The van der Waals surface area contributed by atoms with E-state index in [0.29, 0.717) is 6.61 Å². The molecular formula is C16H13ClO2S. The van der Waals surface area contributed by atoms with Crippen LogP contribution >= 0.6 is 22.9 Å². The Kier molecular flexibility index (Phi) is 3.81. The van der Waals surface area contributed by atoms with Crippen LogP contribution in [0.2, 0.25) is 5.02 Å². The quantitative estimate of drug-likeness (QED) is 0.664. The van der Waals surface area contributed by atoms with Crippen LogP contribution in [0.3, 0.4) is 0 Å². The number of hydrogen-bond donors (Lipinski definition) is 0. The average Bonchev–Trinajstić information content (AvgIpc) is 2.87. The van der Waals surface area contributed by atoms with Gasteiger partial charge in [0.25, 0.3) is 0 Å². The molecule has 0 N–H and O–H groups in total. The van der Waals surface area contributed by atoms with Gasteiger partial charge in [0.1, 0.15) is 6.61 Å². The molecule has 0 bridgehead atoms. The zero-order chi connectivity index (χ0) is 13.9. The van der Waals surface area contributed by atoms with E-state index < -0.39 is 0 Å². The van der Waals surface area contributed by atoms with Crippen molar-refractivity contribution in [2.24, 2.45) is 0 Å². The first kappa shape index (κ1) is 13.3. The maximum absolute atomic E-state index is 6.00. The summed E-state index contributed by atoms with van der Waals surface area (Å²) in [5.74, 6) is 1.50. The molecule has 0 aliphatic rings. The molecular weight excluding hydrogens is 292 g/mol. The second kappa shape index (κ2) is 5.73. The van der Waals surface area contributed by atoms with Crippen molar-refractivity contribution in [1.82, 2.24) is 0 Å². The Labute approximate surface area is 126 Å². The van der Waals surface area contributed by atoms with Gasteiger partial charge in [0.2, 0.25) is 0 Å². The van der Waals surface area contributed by atoms with Crippen molar-refractivity contribution in [3.05, 3.63) is 58.4 Å². The SMILES string of the molecule is COc1ccccc1OCc1csc2cc(Cl)ccc12. The Bertz CT molecular complexity index is 736. The number of hydrogen-bond acceptors (Lipinski definition) is 3. The standard InChI is InChI=1S/C16H13ClO2S/c1-18-14-4-2-3-5-15(14)19-9-11-10-20-16-8-12(17)6-7-13(11)16/h2-8,10H,9H2,1H3. The van der Waals surface area contributed by atoms with Crippen LogP contribution in [-0.4, -0.2) is 7.11 Å². The minimum Gasteiger partial charge on any atom is -0.493 e. The minimum absolute atomic E-state index is 0.516. The molecule has 1 heterocycles. The Hall–Kier alpha value is -1.71. The number of halogens is 1. The molecule has 4 heteroatoms. The Morgan fingerprint density at radius 3 is 2.70 bits per heavy atom. The number of para-hydroxylation sites is 2. The molecule has 20 heavy (non-hydrogen) atoms. The number of fused-ring (bicyclic) bond motifs is 1. The summed E-state index contributed by atoms with van der Waals surface area (Å²) in [5.41, 5.74) is 1.16. The van der Waals surface area contributed by atoms with Gasteiger partial charge in [-0.2, -0.15) is 0 Å². The third kappa shape index (κ3) is 2.60. The lowest BCUT2D eigenvalue weighted by Crippen LogP contribution is -1.96. The van der Waals surface area contributed by atoms with Crippen molar-refractivity contribution < 1.29 is 9.47 Å². The van der Waals surface area contributed by atoms with Gasteiger partial charge in [0.15, 0.2) is 11.5 Å². The summed E-state index contributed by atoms with van der Waals surface area (Å²) >= 11 is 7.68. The van der Waals surface area contributed by atoms with Crippen LogP contribution in [0.5, 0.6) is 11.5 Å². The predicted molar refractivity (Wildman–Crippen MR) is 84.2 cm³/mol. The maximum Gasteiger partial charge on any atom is 0.161 e. The molecule has 0 fully saturated rings. The van der Waals surface area contributed by atoms with Crippen molar-refractivity contribution in [2.75, 3.05) is 7.11 Å². The molecule has 0 aliphatic carbocycles. The summed E-state index contributed by atoms with van der Waals surface area (Å²) in [5, 5.41) is 4.06. The second-order valence-electron chi connectivity index (χ2n) is 4.34. The van der Waals surface area contributed by atoms with E-state index in [0.717, 1.165) is 22.1 Å². The molecule has 102 valence electrons. The van der Waals surface area contributed by atoms with Crippen molar-refractivity contribution in [1.29, 1.82) is 0 Å². The van der Waals surface area contributed by atoms with Crippen LogP contribution in [0, 0.1) is 0 Å². The molecule has 0 saturated heterocycles. The van der Waals surface area contributed by atoms with E-state index in [1.54, 1.807) is 18.4 Å². The van der Waals surface area contributed by atoms with E-state index >= 15 is 0 Å². The highest BCUT2D eigenvalue weighted by Gasteiger charge is 2.07. The second-order valence-corrected chi connectivity index (χ2v) is 5.69. The normalized spacial score (nSPS) is 10.7. The summed E-state index contributed by atoms with van der Waals surface area (Å²) < 4.78 is 12.3. The van der Waals surface area contributed by atoms with Gasteiger partial charge in [-0.25, -0.2) is 0 Å². The molecule has 3 aromatic rings. The van der Waals surface area contributed by atoms with Crippen LogP contribution in [0.25, 0.3) is 10.1 Å². The van der Waals surface area contributed by atoms with Crippen LogP contribution in [-0.2, 0) is 6.61 Å². The fourth-order valence-electron chi connectivity index (χ4n) is 2.06. The Morgan fingerprint density at radius 1 is 1.10 bits per heavy atom. The van der Waals surface area contributed by atoms with Crippen molar-refractivity contribution in [2.45, 2.75) is 6.61 Å². The molecule has 2 aromatic carbocycles. The molecule has 1 aromatic heterocycles. The van der Waals surface area contributed by atoms with Crippen LogP contribution in [0.1, 0.15) is 5.56 Å². The summed E-state index contributed by atoms with van der Waals surface area (Å²) in [6, 6.07) is 13.6. The van der Waals surface area contributed by atoms with E-state index in [2.05, 4.69) is 5.38 Å². The summed E-state index contributed by atoms with van der Waals surface area (Å²) in [7, 11) is 1.64. The minimum atomic E-state index is 0.516. The maximum atomic E-state index is 6.00. The lowest BCUT2D eigenvalue weighted by Gasteiger charge is -2.09. The molecule has 0 radical (unpaired) electrons. The molecule has 0 atom stereocenters. The molecule has 0 unspecified atom stereocenters. The van der Waals surface area contributed by atoms with Gasteiger partial charge in [0, 0.05) is 15.3 Å². The van der Waals surface area contributed by atoms with Gasteiger partial charge in [0.05, 0.1) is 7.11 Å². The van der Waals surface area contributed by atoms with Crippen molar-refractivity contribution >= 4 is 33.0 Å². The van der Waals surface area contributed by atoms with Gasteiger partial charge in [-0.3, -0.25) is 0 Å². The van der Waals surface area contributed by atoms with Crippen molar-refractivity contribution in [3.8, 4) is 11.5 Å². The fraction of sp³-hybridized carbons (Fsp3) is 0.125. The zero-order valence-electron chi connectivity index (χ0n) is 10.9. The smallest absolute Gasteiger partial charge is 0.161 e. The molecule has 2 nitrogen and oxygen atoms in total. The predicted octanol–water partition coefficient (Wildman–Crippen LogP) is 5.14. The summed E-state index contributed by atoms with van der Waals surface area (Å²) in [6.45, 7) is 0.516. The van der Waals surface area contributed by atoms with Crippen LogP contribution in [0.4, 0.5) is 0 Å². The average molecular weight is 305 g/mol. The fourth-order valence-corrected chi connectivity index (χ4v) is 3.28. The van der Waals surface area contributed by atoms with E-state index in [1.807, 2.05) is 42.5 Å². The third-order valence-corrected chi connectivity index (χ3v) is 4.30. The zero-order valence-corrected chi connectivity index (χ0v) is 12.5. The Morgan fingerprint density at radius 2 is 1.90 bits per heavy atom. The van der Waals surface area contributed by atoms with E-state index in [1.165, 1.54) is 10.1 Å². The summed E-state index contributed by atoms with van der Waals surface area (Å²) in [4.78, 5) is 0. The molecule has 0 aliphatic heterocycles. The number of ether oxygens (including phenoxy) is 2. The van der Waals surface area contributed by atoms with Crippen LogP contribution in [0.15, 0.2) is 47.8 Å². The highest BCUT2D eigenvalue weighted by Crippen LogP contribution is 2.31. The van der Waals surface area contributed by atoms with Gasteiger partial charge in [-0.1, -0.05) is 29.8 Å². The van der Waals surface area contributed by atoms with Gasteiger partial charge >= 0.3 is 0 Å². The van der Waals surface area contributed by atoms with E-state index in [-0.39, 0.29) is 0 Å². The first-order valence-corrected chi connectivity index (χ1v) is 7.45. The lowest BCUT2D eigenvalue weighted by molar-refractivity contribution is 0.286. The van der Waals surface area contributed by atoms with Crippen molar-refractivity contribution in [3.63, 3.8) is 0 Å². The molecule has 0 saturated carbocycles. The highest BCUT2D eigenvalue weighted by molar-refractivity contribution is 7.17. The van der Waals surface area contributed by atoms with Gasteiger partial charge < -0.3 is 9.47 Å². The van der Waals surface area contributed by atoms with Gasteiger partial charge in [-0.15, -0.1) is 11.3 Å². The third-order valence-electron chi connectivity index (χ3n) is 3.07. The highest BCUT2D eigenvalue weighted by atomic mass is 35.5. The number of benzene rings is 2. The van der Waals surface area contributed by atoms with E-state index in [9.17, 15) is 0 Å².